The van der Waals surface area contributed by atoms with Crippen molar-refractivity contribution in [3.05, 3.63) is 48.4 Å². The normalized spacial score (nSPS) is 18.7. The topological polar surface area (TPSA) is 114 Å². The molecule has 3 aromatic rings. The van der Waals surface area contributed by atoms with Gasteiger partial charge in [-0.1, -0.05) is 0 Å². The number of aliphatic hydroxyl groups is 1. The average Bonchev–Trinajstić information content (AvgIpc) is 3.18. The molecule has 1 fully saturated rings. The molecular weight excluding hydrogens is 404 g/mol. The number of aromatic nitrogens is 4. The molecule has 164 valence electrons. The molecule has 0 unspecified atom stereocenters. The van der Waals surface area contributed by atoms with E-state index >= 15 is 0 Å². The molecule has 0 bridgehead atoms. The number of nitrogens with zero attached hydrogens (tertiary/aromatic N) is 4. The molecule has 1 aliphatic rings. The van der Waals surface area contributed by atoms with E-state index in [4.69, 9.17) is 10.8 Å². The second kappa shape index (κ2) is 9.36. The van der Waals surface area contributed by atoms with Crippen LogP contribution in [0.5, 0.6) is 0 Å². The van der Waals surface area contributed by atoms with Gasteiger partial charge in [0.15, 0.2) is 0 Å². The van der Waals surface area contributed by atoms with Crippen LogP contribution in [0.25, 0.3) is 11.1 Å². The van der Waals surface area contributed by atoms with Crippen LogP contribution in [0.1, 0.15) is 25.7 Å². The van der Waals surface area contributed by atoms with Gasteiger partial charge in [-0.25, -0.2) is 13.8 Å². The van der Waals surface area contributed by atoms with Gasteiger partial charge < -0.3 is 21.5 Å². The van der Waals surface area contributed by atoms with E-state index in [1.165, 1.54) is 12.1 Å². The van der Waals surface area contributed by atoms with Gasteiger partial charge in [-0.3, -0.25) is 4.68 Å². The van der Waals surface area contributed by atoms with Crippen LogP contribution in [0.2, 0.25) is 0 Å². The van der Waals surface area contributed by atoms with Gasteiger partial charge in [0, 0.05) is 47.4 Å². The third kappa shape index (κ3) is 5.33. The fourth-order valence-corrected chi connectivity index (χ4v) is 3.70. The lowest BCUT2D eigenvalue weighted by atomic mass is 9.91. The second-order valence-electron chi connectivity index (χ2n) is 7.71. The number of halogens is 2. The van der Waals surface area contributed by atoms with E-state index < -0.39 is 11.6 Å². The Bertz CT molecular complexity index is 1010. The summed E-state index contributed by atoms with van der Waals surface area (Å²) in [6.45, 7) is 0.368. The van der Waals surface area contributed by atoms with Crippen molar-refractivity contribution >= 4 is 17.5 Å². The van der Waals surface area contributed by atoms with Crippen LogP contribution in [0, 0.1) is 11.6 Å². The quantitative estimate of drug-likeness (QED) is 0.456. The zero-order chi connectivity index (χ0) is 21.8. The van der Waals surface area contributed by atoms with Gasteiger partial charge in [-0.05, 0) is 37.8 Å². The number of rotatable bonds is 7. The molecule has 10 heteroatoms. The summed E-state index contributed by atoms with van der Waals surface area (Å²) in [5.74, 6) is -0.565. The highest BCUT2D eigenvalue weighted by molar-refractivity contribution is 5.75. The van der Waals surface area contributed by atoms with E-state index in [2.05, 4.69) is 25.7 Å². The highest BCUT2D eigenvalue weighted by atomic mass is 19.1. The predicted molar refractivity (Wildman–Crippen MR) is 114 cm³/mol. The largest absolute Gasteiger partial charge is 0.394 e. The van der Waals surface area contributed by atoms with Crippen LogP contribution in [0.4, 0.5) is 26.2 Å². The fraction of sp³-hybridized carbons (Fsp3) is 0.381. The maximum absolute atomic E-state index is 13.5. The maximum Gasteiger partial charge on any atom is 0.229 e. The van der Waals surface area contributed by atoms with E-state index in [1.54, 1.807) is 17.1 Å². The fourth-order valence-electron chi connectivity index (χ4n) is 3.70. The highest BCUT2D eigenvalue weighted by Gasteiger charge is 2.21. The van der Waals surface area contributed by atoms with Gasteiger partial charge in [-0.2, -0.15) is 10.1 Å². The molecule has 1 aliphatic carbocycles. The van der Waals surface area contributed by atoms with Gasteiger partial charge in [-0.15, -0.1) is 0 Å². The summed E-state index contributed by atoms with van der Waals surface area (Å²) in [5, 5.41) is 19.7. The number of hydrogen-bond donors (Lipinski definition) is 4. The zero-order valence-electron chi connectivity index (χ0n) is 16.9. The molecule has 31 heavy (non-hydrogen) atoms. The summed E-state index contributed by atoms with van der Waals surface area (Å²) in [5.41, 5.74) is 7.78. The number of anilines is 3. The highest BCUT2D eigenvalue weighted by Crippen LogP contribution is 2.30. The Morgan fingerprint density at radius 2 is 1.84 bits per heavy atom. The summed E-state index contributed by atoms with van der Waals surface area (Å²) in [6, 6.07) is 3.59. The van der Waals surface area contributed by atoms with Crippen molar-refractivity contribution < 1.29 is 13.9 Å². The van der Waals surface area contributed by atoms with E-state index in [0.29, 0.717) is 12.4 Å². The molecule has 0 aliphatic heterocycles. The third-order valence-electron chi connectivity index (χ3n) is 5.29. The Labute approximate surface area is 178 Å². The molecule has 8 nitrogen and oxygen atoms in total. The van der Waals surface area contributed by atoms with Crippen LogP contribution in [-0.2, 0) is 6.54 Å². The first-order chi connectivity index (χ1) is 15.0. The number of nitrogens with two attached hydrogens (primary N) is 1. The molecule has 2 heterocycles. The van der Waals surface area contributed by atoms with Crippen molar-refractivity contribution in [1.29, 1.82) is 0 Å². The maximum atomic E-state index is 13.5. The summed E-state index contributed by atoms with van der Waals surface area (Å²) >= 11 is 0. The molecule has 2 aromatic heterocycles. The minimum atomic E-state index is -0.688. The monoisotopic (exact) mass is 429 g/mol. The van der Waals surface area contributed by atoms with E-state index in [1.807, 2.05) is 6.20 Å². The van der Waals surface area contributed by atoms with Crippen LogP contribution in [-0.4, -0.2) is 43.5 Å². The van der Waals surface area contributed by atoms with Crippen LogP contribution >= 0.6 is 0 Å². The molecular formula is C21H25F2N7O. The minimum Gasteiger partial charge on any atom is -0.394 e. The molecule has 0 amide bonds. The minimum absolute atomic E-state index is 0.0158. The van der Waals surface area contributed by atoms with Crippen molar-refractivity contribution in [3.8, 4) is 11.1 Å². The second-order valence-corrected chi connectivity index (χ2v) is 7.71. The van der Waals surface area contributed by atoms with Gasteiger partial charge in [0.1, 0.15) is 17.5 Å². The molecule has 1 saturated carbocycles. The molecule has 0 atom stereocenters. The van der Waals surface area contributed by atoms with Gasteiger partial charge in [0.05, 0.1) is 19.3 Å². The molecule has 0 saturated heterocycles. The lowest BCUT2D eigenvalue weighted by Crippen LogP contribution is -2.33. The van der Waals surface area contributed by atoms with Crippen LogP contribution in [0.15, 0.2) is 36.8 Å². The Hall–Kier alpha value is -3.11. The third-order valence-corrected chi connectivity index (χ3v) is 5.29. The average molecular weight is 429 g/mol. The molecule has 4 rings (SSSR count). The first-order valence-electron chi connectivity index (χ1n) is 10.3. The standard InChI is InChI=1S/C21H25F2N7O/c22-14-7-15(23)9-18(8-14)28-21-25-11-19(13-10-26-30(12-13)5-6-31)20(29-21)27-17-3-1-16(24)2-4-17/h7-12,16-17,31H,1-6,24H2,(H2,25,27,28,29). The Morgan fingerprint density at radius 3 is 2.55 bits per heavy atom. The first-order valence-corrected chi connectivity index (χ1v) is 10.3. The first kappa shape index (κ1) is 21.1. The van der Waals surface area contributed by atoms with Crippen molar-refractivity contribution in [1.82, 2.24) is 19.7 Å². The summed E-state index contributed by atoms with van der Waals surface area (Å²) in [4.78, 5) is 8.89. The summed E-state index contributed by atoms with van der Waals surface area (Å²) in [7, 11) is 0. The summed E-state index contributed by atoms with van der Waals surface area (Å²) in [6.07, 6.45) is 8.85. The zero-order valence-corrected chi connectivity index (χ0v) is 16.9. The molecule has 1 aromatic carbocycles. The van der Waals surface area contributed by atoms with Crippen molar-refractivity contribution in [2.24, 2.45) is 5.73 Å². The van der Waals surface area contributed by atoms with Crippen LogP contribution in [0.3, 0.4) is 0 Å². The summed E-state index contributed by atoms with van der Waals surface area (Å²) < 4.78 is 28.7. The molecule has 0 spiro atoms. The van der Waals surface area contributed by atoms with Crippen molar-refractivity contribution in [2.75, 3.05) is 17.2 Å². The molecule has 5 N–H and O–H groups in total. The predicted octanol–water partition coefficient (Wildman–Crippen LogP) is 3.04. The number of hydrogen-bond acceptors (Lipinski definition) is 7. The SMILES string of the molecule is NC1CCC(Nc2nc(Nc3cc(F)cc(F)c3)ncc2-c2cnn(CCO)c2)CC1. The molecule has 0 radical (unpaired) electrons. The number of aliphatic hydroxyl groups excluding tert-OH is 1. The number of nitrogens with one attached hydrogen (secondary N) is 2. The van der Waals surface area contributed by atoms with Crippen molar-refractivity contribution in [3.63, 3.8) is 0 Å². The Balaban J connectivity index is 1.63. The number of benzene rings is 1. The van der Waals surface area contributed by atoms with Gasteiger partial charge in [0.25, 0.3) is 0 Å². The van der Waals surface area contributed by atoms with E-state index in [9.17, 15) is 8.78 Å². The lowest BCUT2D eigenvalue weighted by Gasteiger charge is -2.28. The van der Waals surface area contributed by atoms with Crippen LogP contribution < -0.4 is 16.4 Å². The van der Waals surface area contributed by atoms with Crippen molar-refractivity contribution in [2.45, 2.75) is 44.3 Å². The Kier molecular flexibility index (Phi) is 6.38. The van der Waals surface area contributed by atoms with Gasteiger partial charge >= 0.3 is 0 Å². The Morgan fingerprint density at radius 1 is 1.10 bits per heavy atom. The lowest BCUT2D eigenvalue weighted by molar-refractivity contribution is 0.269. The van der Waals surface area contributed by atoms with E-state index in [0.717, 1.165) is 42.9 Å². The van der Waals surface area contributed by atoms with E-state index in [-0.39, 0.29) is 30.3 Å². The van der Waals surface area contributed by atoms with Gasteiger partial charge in [0.2, 0.25) is 5.95 Å². The smallest absolute Gasteiger partial charge is 0.229 e.